The number of hydrogen-bond donors (Lipinski definition) is 0. The smallest absolute Gasteiger partial charge is 0.328 e. The molecule has 0 aliphatic carbocycles. The Labute approximate surface area is 655 Å². The van der Waals surface area contributed by atoms with Gasteiger partial charge in [0.05, 0.1) is 35.6 Å². The zero-order chi connectivity index (χ0) is 78.4. The summed E-state index contributed by atoms with van der Waals surface area (Å²) in [6.07, 6.45) is 8.65. The summed E-state index contributed by atoms with van der Waals surface area (Å²) in [4.78, 5) is 10.7. The van der Waals surface area contributed by atoms with Gasteiger partial charge in [-0.15, -0.1) is 0 Å². The Bertz CT molecular complexity index is 4940. The van der Waals surface area contributed by atoms with Crippen molar-refractivity contribution < 1.29 is 18.3 Å². The van der Waals surface area contributed by atoms with Crippen molar-refractivity contribution in [2.24, 2.45) is 57.2 Å². The lowest BCUT2D eigenvalue weighted by atomic mass is 9.50. The standard InChI is InChI=1S/C99H115BN6O4/c1-65-47-51-85-83(53-65)103-94(109-85)81(61-101)92-88-87(90(105(92)89(71-33-23-19-24-34-71)72-35-25-20-26-36-72)73-37-31-43-79(55-73)107-63-75(69(5)59-98(13,14)15)49-45-67(3)57-96(7,8)9)93(82(62-102)95-104-84-54-66(2)48-52-86(84)110-95)106(100(77-39-27-21-28-40-77)78-41-29-22-30-42-78)91(88)74-38-32-44-80(56-74)108-64-76(70(6)60-99(16,17)18)50-46-68(4)58-97(10,11)12/h19-44,47-48,51-56,67-70,75-76,89H,45-46,49-50,57-60,63-64H2,1-18H3/b92-81-,93-82-. The summed E-state index contributed by atoms with van der Waals surface area (Å²) in [5, 5.41) is 28.1. The molecule has 0 aliphatic heterocycles. The number of hydrogen-bond acceptors (Lipinski definition) is 8. The minimum absolute atomic E-state index is 0.114. The second-order valence-electron chi connectivity index (χ2n) is 36.9. The van der Waals surface area contributed by atoms with Gasteiger partial charge in [0.1, 0.15) is 45.8 Å². The summed E-state index contributed by atoms with van der Waals surface area (Å²) in [6.45, 7) is 42.3. The normalized spacial score (nSPS) is 14.6. The van der Waals surface area contributed by atoms with Crippen LogP contribution in [0, 0.1) is 93.7 Å². The van der Waals surface area contributed by atoms with E-state index in [4.69, 9.17) is 28.3 Å². The summed E-state index contributed by atoms with van der Waals surface area (Å²) in [6, 6.07) is 76.2. The number of nitriles is 2. The van der Waals surface area contributed by atoms with E-state index in [-0.39, 0.29) is 56.4 Å². The molecule has 11 heteroatoms. The first-order chi connectivity index (χ1) is 52.4. The van der Waals surface area contributed by atoms with Gasteiger partial charge in [-0.25, -0.2) is 9.97 Å². The molecule has 0 bridgehead atoms. The van der Waals surface area contributed by atoms with Crippen molar-refractivity contribution in [3.8, 4) is 46.2 Å². The second-order valence-corrected chi connectivity index (χ2v) is 36.9. The van der Waals surface area contributed by atoms with Crippen LogP contribution in [0.4, 0.5) is 0 Å². The molecule has 0 N–H and O–H groups in total. The SMILES string of the molecule is Cc1ccc2oc(/C(C#N)=c3/c4c(-c5cccc(OCC(CCC(C)CC(C)(C)C)C(C)CC(C)(C)C)c5)n(C(c5ccccc5)c5ccccc5)/c(=C(/C#N)c5nc6cc(C)ccc6o5)c4c(-c4cccc(OCC(CCC(C)CC(C)(C)C)C(C)CC(C)(C)C)c4)n3B(c3ccccc3)c3ccccc3)nc2c1. The largest absolute Gasteiger partial charge is 0.493 e. The highest BCUT2D eigenvalue weighted by Crippen LogP contribution is 2.44. The van der Waals surface area contributed by atoms with Crippen LogP contribution in [0.15, 0.2) is 215 Å². The molecule has 4 heterocycles. The van der Waals surface area contributed by atoms with E-state index in [1.54, 1.807) is 0 Å². The van der Waals surface area contributed by atoms with Crippen LogP contribution in [0.3, 0.4) is 0 Å². The van der Waals surface area contributed by atoms with Crippen molar-refractivity contribution in [1.29, 1.82) is 10.5 Å². The molecule has 0 fully saturated rings. The lowest BCUT2D eigenvalue weighted by Crippen LogP contribution is -2.53. The predicted octanol–water partition coefficient (Wildman–Crippen LogP) is 23.3. The monoisotopic (exact) mass is 1460 g/mol. The van der Waals surface area contributed by atoms with Crippen LogP contribution >= 0.6 is 0 Å². The Balaban J connectivity index is 1.27. The van der Waals surface area contributed by atoms with Crippen LogP contribution in [0.1, 0.15) is 202 Å². The molecule has 0 saturated heterocycles. The van der Waals surface area contributed by atoms with Crippen LogP contribution in [-0.2, 0) is 0 Å². The van der Waals surface area contributed by atoms with Gasteiger partial charge in [-0.1, -0.05) is 292 Å². The van der Waals surface area contributed by atoms with Gasteiger partial charge in [-0.3, -0.25) is 0 Å². The Morgan fingerprint density at radius 3 is 1.22 bits per heavy atom. The van der Waals surface area contributed by atoms with Crippen LogP contribution in [0.25, 0.3) is 66.6 Å². The van der Waals surface area contributed by atoms with Crippen molar-refractivity contribution in [3.05, 3.63) is 251 Å². The highest BCUT2D eigenvalue weighted by Gasteiger charge is 2.38. The van der Waals surface area contributed by atoms with Crippen molar-refractivity contribution in [3.63, 3.8) is 0 Å². The lowest BCUT2D eigenvalue weighted by molar-refractivity contribution is 0.147. The van der Waals surface area contributed by atoms with E-state index >= 15 is 0 Å². The molecule has 4 aromatic heterocycles. The zero-order valence-electron chi connectivity index (χ0n) is 68.6. The summed E-state index contributed by atoms with van der Waals surface area (Å²) in [5.74, 6) is 4.07. The number of ether oxygens (including phenoxy) is 2. The van der Waals surface area contributed by atoms with Crippen molar-refractivity contribution in [1.82, 2.24) is 19.0 Å². The van der Waals surface area contributed by atoms with Gasteiger partial charge in [0.2, 0.25) is 11.8 Å². The molecule has 110 heavy (non-hydrogen) atoms. The third-order valence-corrected chi connectivity index (χ3v) is 22.0. The van der Waals surface area contributed by atoms with Crippen molar-refractivity contribution in [2.75, 3.05) is 13.2 Å². The van der Waals surface area contributed by atoms with Gasteiger partial charge in [0.15, 0.2) is 11.2 Å². The molecule has 0 spiro atoms. The summed E-state index contributed by atoms with van der Waals surface area (Å²) >= 11 is 0. The van der Waals surface area contributed by atoms with Gasteiger partial charge in [0.25, 0.3) is 0 Å². The van der Waals surface area contributed by atoms with E-state index in [1.165, 1.54) is 0 Å². The van der Waals surface area contributed by atoms with E-state index in [1.807, 2.05) is 74.5 Å². The molecule has 6 atom stereocenters. The molecule has 0 radical (unpaired) electrons. The Hall–Kier alpha value is -10.1. The highest BCUT2D eigenvalue weighted by molar-refractivity contribution is 6.84. The van der Waals surface area contributed by atoms with Crippen molar-refractivity contribution in [2.45, 2.75) is 182 Å². The average Bonchev–Trinajstić information content (AvgIpc) is 1.52. The van der Waals surface area contributed by atoms with Crippen LogP contribution in [0.5, 0.6) is 11.5 Å². The first-order valence-corrected chi connectivity index (χ1v) is 40.2. The molecule has 10 nitrogen and oxygen atoms in total. The van der Waals surface area contributed by atoms with E-state index in [9.17, 15) is 10.5 Å². The molecule has 568 valence electrons. The fraction of sp³-hybridized carbons (Fsp3) is 0.394. The van der Waals surface area contributed by atoms with Gasteiger partial charge < -0.3 is 27.4 Å². The van der Waals surface area contributed by atoms with E-state index in [0.717, 1.165) is 95.7 Å². The zero-order valence-corrected chi connectivity index (χ0v) is 68.6. The molecule has 6 unspecified atom stereocenters. The third-order valence-electron chi connectivity index (χ3n) is 22.0. The number of oxazole rings is 2. The molecule has 12 rings (SSSR count). The number of nitrogens with zero attached hydrogens (tertiary/aromatic N) is 6. The predicted molar refractivity (Wildman–Crippen MR) is 457 cm³/mol. The topological polar surface area (TPSA) is 128 Å². The minimum atomic E-state index is -0.647. The molecule has 12 aromatic rings. The van der Waals surface area contributed by atoms with E-state index in [2.05, 4.69) is 278 Å². The second kappa shape index (κ2) is 33.6. The van der Waals surface area contributed by atoms with Gasteiger partial charge in [0, 0.05) is 27.6 Å². The molecule has 8 aromatic carbocycles. The molecule has 0 aliphatic rings. The maximum absolute atomic E-state index is 12.8. The highest BCUT2D eigenvalue weighted by atomic mass is 16.5. The minimum Gasteiger partial charge on any atom is -0.493 e. The Morgan fingerprint density at radius 1 is 0.436 bits per heavy atom. The number of benzene rings is 8. The van der Waals surface area contributed by atoms with Gasteiger partial charge >= 0.3 is 6.85 Å². The first-order valence-electron chi connectivity index (χ1n) is 40.2. The summed E-state index contributed by atoms with van der Waals surface area (Å²) in [5.41, 5.74) is 12.2. The van der Waals surface area contributed by atoms with E-state index in [0.29, 0.717) is 103 Å². The van der Waals surface area contributed by atoms with Crippen LogP contribution in [0.2, 0.25) is 0 Å². The number of aryl methyl sites for hydroxylation is 2. The average molecular weight is 1460 g/mol. The van der Waals surface area contributed by atoms with Gasteiger partial charge in [-0.05, 0) is 180 Å². The molecular formula is C99H115BN6O4. The first kappa shape index (κ1) is 79.5. The quantitative estimate of drug-likeness (QED) is 0.0444. The molecular weight excluding hydrogens is 1350 g/mol. The van der Waals surface area contributed by atoms with E-state index < -0.39 is 12.9 Å². The van der Waals surface area contributed by atoms with Crippen LogP contribution in [-0.4, -0.2) is 39.1 Å². The fourth-order valence-electron chi connectivity index (χ4n) is 17.7. The van der Waals surface area contributed by atoms with Crippen LogP contribution < -0.4 is 31.1 Å². The summed E-state index contributed by atoms with van der Waals surface area (Å²) in [7, 11) is 0. The third kappa shape index (κ3) is 19.0. The number of fused-ring (bicyclic) bond motifs is 3. The lowest BCUT2D eigenvalue weighted by Gasteiger charge is -2.31. The fourth-order valence-corrected chi connectivity index (χ4v) is 17.7. The molecule has 0 amide bonds. The number of aromatic nitrogens is 4. The molecule has 0 saturated carbocycles. The maximum atomic E-state index is 12.8. The number of rotatable bonds is 28. The summed E-state index contributed by atoms with van der Waals surface area (Å²) < 4.78 is 33.5. The van der Waals surface area contributed by atoms with Crippen molar-refractivity contribution >= 4 is 61.9 Å². The van der Waals surface area contributed by atoms with Gasteiger partial charge in [-0.2, -0.15) is 10.5 Å². The Kier molecular flexibility index (Phi) is 24.3. The Morgan fingerprint density at radius 2 is 0.818 bits per heavy atom. The maximum Gasteiger partial charge on any atom is 0.328 e.